The van der Waals surface area contributed by atoms with Gasteiger partial charge in [0, 0.05) is 0 Å². The summed E-state index contributed by atoms with van der Waals surface area (Å²) in [5.41, 5.74) is 0. The van der Waals surface area contributed by atoms with Crippen LogP contribution < -0.4 is 0 Å². The third-order valence-electron chi connectivity index (χ3n) is 2.75. The zero-order valence-electron chi connectivity index (χ0n) is 11.4. The van der Waals surface area contributed by atoms with Crippen molar-refractivity contribution in [3.63, 3.8) is 0 Å². The van der Waals surface area contributed by atoms with E-state index in [1.165, 1.54) is 64.2 Å². The first-order chi connectivity index (χ1) is 7.91. The Balaban J connectivity index is 3.06. The molecule has 0 heterocycles. The summed E-state index contributed by atoms with van der Waals surface area (Å²) in [5, 5.41) is 0. The van der Waals surface area contributed by atoms with Gasteiger partial charge in [-0.25, -0.2) is 0 Å². The highest BCUT2D eigenvalue weighted by molar-refractivity contribution is 4.82. The van der Waals surface area contributed by atoms with E-state index in [1.807, 2.05) is 0 Å². The van der Waals surface area contributed by atoms with Gasteiger partial charge in [0.15, 0.2) is 0 Å². The molecule has 0 unspecified atom stereocenters. The van der Waals surface area contributed by atoms with Crippen LogP contribution in [0, 0.1) is 0 Å². The predicted octanol–water partition coefficient (Wildman–Crippen LogP) is 6.04. The van der Waals surface area contributed by atoms with Gasteiger partial charge in [0.2, 0.25) is 0 Å². The van der Waals surface area contributed by atoms with Gasteiger partial charge in [-0.05, 0) is 38.5 Å². The number of allylic oxidation sites excluding steroid dienone is 4. The molecule has 0 spiro atoms. The Morgan fingerprint density at radius 2 is 1.00 bits per heavy atom. The molecule has 0 N–H and O–H groups in total. The predicted molar refractivity (Wildman–Crippen MR) is 75.8 cm³/mol. The van der Waals surface area contributed by atoms with E-state index in [-0.39, 0.29) is 0 Å². The molecule has 0 atom stereocenters. The van der Waals surface area contributed by atoms with Crippen LogP contribution >= 0.6 is 0 Å². The molecule has 0 heteroatoms. The van der Waals surface area contributed by atoms with Crippen molar-refractivity contribution in [3.8, 4) is 0 Å². The Labute approximate surface area is 103 Å². The molecule has 0 radical (unpaired) electrons. The second-order valence-corrected chi connectivity index (χ2v) is 4.51. The Morgan fingerprint density at radius 1 is 0.500 bits per heavy atom. The molecule has 0 saturated heterocycles. The summed E-state index contributed by atoms with van der Waals surface area (Å²) in [7, 11) is 0. The van der Waals surface area contributed by atoms with E-state index in [1.54, 1.807) is 0 Å². The van der Waals surface area contributed by atoms with E-state index in [9.17, 15) is 0 Å². The van der Waals surface area contributed by atoms with Crippen LogP contribution in [-0.4, -0.2) is 0 Å². The molecule has 0 fully saturated rings. The largest absolute Gasteiger partial charge is 0.0885 e. The zero-order chi connectivity index (χ0) is 11.9. The average molecular weight is 222 g/mol. The number of hydrogen-bond acceptors (Lipinski definition) is 0. The zero-order valence-corrected chi connectivity index (χ0v) is 11.4. The van der Waals surface area contributed by atoms with Gasteiger partial charge in [0.25, 0.3) is 0 Å². The van der Waals surface area contributed by atoms with Gasteiger partial charge in [-0.15, -0.1) is 0 Å². The molecule has 0 nitrogen and oxygen atoms in total. The van der Waals surface area contributed by atoms with Gasteiger partial charge in [-0.2, -0.15) is 0 Å². The van der Waals surface area contributed by atoms with Crippen LogP contribution in [0.3, 0.4) is 0 Å². The van der Waals surface area contributed by atoms with Gasteiger partial charge < -0.3 is 0 Å². The molecule has 0 bridgehead atoms. The Bertz CT molecular complexity index is 165. The molecule has 0 aromatic carbocycles. The second kappa shape index (κ2) is 14.5. The first-order valence-corrected chi connectivity index (χ1v) is 7.21. The molecule has 16 heavy (non-hydrogen) atoms. The topological polar surface area (TPSA) is 0 Å². The Kier molecular flexibility index (Phi) is 14.0. The van der Waals surface area contributed by atoms with Crippen molar-refractivity contribution in [2.45, 2.75) is 78.1 Å². The third kappa shape index (κ3) is 13.5. The van der Waals surface area contributed by atoms with Crippen LogP contribution in [-0.2, 0) is 0 Å². The van der Waals surface area contributed by atoms with Gasteiger partial charge in [-0.3, -0.25) is 0 Å². The van der Waals surface area contributed by atoms with E-state index < -0.39 is 0 Å². The van der Waals surface area contributed by atoms with Crippen molar-refractivity contribution in [1.82, 2.24) is 0 Å². The van der Waals surface area contributed by atoms with Crippen molar-refractivity contribution < 1.29 is 0 Å². The summed E-state index contributed by atoms with van der Waals surface area (Å²) in [4.78, 5) is 0. The lowest BCUT2D eigenvalue weighted by Crippen LogP contribution is -1.75. The van der Waals surface area contributed by atoms with E-state index in [4.69, 9.17) is 0 Å². The average Bonchev–Trinajstić information content (AvgIpc) is 2.31. The summed E-state index contributed by atoms with van der Waals surface area (Å²) < 4.78 is 0. The highest BCUT2D eigenvalue weighted by Crippen LogP contribution is 2.05. The van der Waals surface area contributed by atoms with Crippen molar-refractivity contribution in [1.29, 1.82) is 0 Å². The van der Waals surface area contributed by atoms with Gasteiger partial charge in [-0.1, -0.05) is 63.8 Å². The van der Waals surface area contributed by atoms with Crippen LogP contribution in [0.15, 0.2) is 24.3 Å². The minimum absolute atomic E-state index is 1.25. The van der Waals surface area contributed by atoms with E-state index in [2.05, 4.69) is 38.2 Å². The third-order valence-corrected chi connectivity index (χ3v) is 2.75. The molecule has 0 aliphatic carbocycles. The lowest BCUT2D eigenvalue weighted by molar-refractivity contribution is 0.693. The minimum atomic E-state index is 1.25. The van der Waals surface area contributed by atoms with E-state index in [0.29, 0.717) is 0 Å². The summed E-state index contributed by atoms with van der Waals surface area (Å²) in [5.74, 6) is 0. The highest BCUT2D eigenvalue weighted by Gasteiger charge is 1.86. The first-order valence-electron chi connectivity index (χ1n) is 7.21. The first kappa shape index (κ1) is 15.5. The van der Waals surface area contributed by atoms with Crippen LogP contribution in [0.2, 0.25) is 0 Å². The van der Waals surface area contributed by atoms with Crippen molar-refractivity contribution in [2.24, 2.45) is 0 Å². The van der Waals surface area contributed by atoms with Crippen LogP contribution in [0.1, 0.15) is 78.1 Å². The van der Waals surface area contributed by atoms with Crippen molar-refractivity contribution in [2.75, 3.05) is 0 Å². The van der Waals surface area contributed by atoms with Gasteiger partial charge in [0.05, 0.1) is 0 Å². The van der Waals surface area contributed by atoms with Crippen LogP contribution in [0.5, 0.6) is 0 Å². The summed E-state index contributed by atoms with van der Waals surface area (Å²) >= 11 is 0. The molecule has 0 rings (SSSR count). The fraction of sp³-hybridized carbons (Fsp3) is 0.750. The highest BCUT2D eigenvalue weighted by atomic mass is 13.9. The lowest BCUT2D eigenvalue weighted by atomic mass is 10.1. The summed E-state index contributed by atoms with van der Waals surface area (Å²) in [6.07, 6.45) is 22.5. The molecule has 94 valence electrons. The lowest BCUT2D eigenvalue weighted by Gasteiger charge is -1.95. The maximum Gasteiger partial charge on any atom is -0.0351 e. The molecule has 0 amide bonds. The van der Waals surface area contributed by atoms with Gasteiger partial charge >= 0.3 is 0 Å². The van der Waals surface area contributed by atoms with E-state index in [0.717, 1.165) is 0 Å². The quantitative estimate of drug-likeness (QED) is 0.295. The molecular formula is C16H30. The monoisotopic (exact) mass is 222 g/mol. The fourth-order valence-electron chi connectivity index (χ4n) is 1.66. The molecule has 0 aromatic heterocycles. The smallest absolute Gasteiger partial charge is 0.0351 e. The Hall–Kier alpha value is -0.520. The molecule has 0 aliphatic rings. The van der Waals surface area contributed by atoms with Gasteiger partial charge in [0.1, 0.15) is 0 Å². The van der Waals surface area contributed by atoms with Crippen LogP contribution in [0.25, 0.3) is 0 Å². The second-order valence-electron chi connectivity index (χ2n) is 4.51. The normalized spacial score (nSPS) is 11.9. The number of hydrogen-bond donors (Lipinski definition) is 0. The number of unbranched alkanes of at least 4 members (excludes halogenated alkanes) is 7. The van der Waals surface area contributed by atoms with Crippen molar-refractivity contribution >= 4 is 0 Å². The Morgan fingerprint density at radius 3 is 1.50 bits per heavy atom. The van der Waals surface area contributed by atoms with Crippen molar-refractivity contribution in [3.05, 3.63) is 24.3 Å². The molecule has 0 saturated carbocycles. The molecule has 0 aromatic rings. The summed E-state index contributed by atoms with van der Waals surface area (Å²) in [6, 6.07) is 0. The molecular weight excluding hydrogens is 192 g/mol. The standard InChI is InChI=1S/C16H30/c1-3-5-7-9-11-13-15-16-14-12-10-8-6-4-2/h7,9-10,12H,3-6,8,11,13-16H2,1-2H3. The van der Waals surface area contributed by atoms with Crippen LogP contribution in [0.4, 0.5) is 0 Å². The number of rotatable bonds is 11. The maximum absolute atomic E-state index is 2.36. The molecule has 0 aliphatic heterocycles. The SMILES string of the molecule is CCCC=CCCCCCC=CCCCC. The fourth-order valence-corrected chi connectivity index (χ4v) is 1.66. The minimum Gasteiger partial charge on any atom is -0.0885 e. The summed E-state index contributed by atoms with van der Waals surface area (Å²) in [6.45, 7) is 4.48. The maximum atomic E-state index is 2.36. The van der Waals surface area contributed by atoms with E-state index >= 15 is 0 Å².